The molecule has 1 N–H and O–H groups in total. The highest BCUT2D eigenvalue weighted by molar-refractivity contribution is 7.93. The number of carbonyl (C=O) groups is 1. The predicted molar refractivity (Wildman–Crippen MR) is 92.4 cm³/mol. The molecule has 0 radical (unpaired) electrons. The molecule has 26 heavy (non-hydrogen) atoms. The van der Waals surface area contributed by atoms with Gasteiger partial charge in [-0.2, -0.15) is 21.6 Å². The van der Waals surface area contributed by atoms with Crippen molar-refractivity contribution in [3.05, 3.63) is 77.9 Å². The number of ketones is 1. The fraction of sp³-hybridized carbons (Fsp3) is 0.0556. The van der Waals surface area contributed by atoms with Crippen molar-refractivity contribution in [2.24, 2.45) is 0 Å². The number of anilines is 1. The molecule has 4 nitrogen and oxygen atoms in total. The Labute approximate surface area is 147 Å². The van der Waals surface area contributed by atoms with Crippen LogP contribution in [0.25, 0.3) is 10.8 Å². The van der Waals surface area contributed by atoms with Crippen LogP contribution in [0.1, 0.15) is 15.9 Å². The average Bonchev–Trinajstić information content (AvgIpc) is 2.60. The number of carbonyl (C=O) groups excluding carboxylic acids is 1. The molecule has 3 aromatic rings. The minimum absolute atomic E-state index is 0.164. The van der Waals surface area contributed by atoms with Crippen LogP contribution in [0.5, 0.6) is 0 Å². The predicted octanol–water partition coefficient (Wildman–Crippen LogP) is 4.33. The van der Waals surface area contributed by atoms with Gasteiger partial charge in [-0.1, -0.05) is 54.6 Å². The average molecular weight is 379 g/mol. The van der Waals surface area contributed by atoms with E-state index >= 15 is 0 Å². The van der Waals surface area contributed by atoms with Crippen molar-refractivity contribution in [2.45, 2.75) is 5.51 Å². The third-order valence-electron chi connectivity index (χ3n) is 3.72. The van der Waals surface area contributed by atoms with Gasteiger partial charge < -0.3 is 0 Å². The second-order valence-electron chi connectivity index (χ2n) is 5.49. The van der Waals surface area contributed by atoms with E-state index in [9.17, 15) is 26.4 Å². The van der Waals surface area contributed by atoms with Gasteiger partial charge in [-0.05, 0) is 22.9 Å². The molecule has 0 fully saturated rings. The Kier molecular flexibility index (Phi) is 4.45. The molecule has 0 unspecified atom stereocenters. The van der Waals surface area contributed by atoms with E-state index in [1.807, 2.05) is 0 Å². The molecule has 3 rings (SSSR count). The molecule has 0 atom stereocenters. The molecule has 0 aliphatic rings. The van der Waals surface area contributed by atoms with Crippen molar-refractivity contribution < 1.29 is 26.4 Å². The molecule has 134 valence electrons. The van der Waals surface area contributed by atoms with E-state index < -0.39 is 27.0 Å². The first-order chi connectivity index (χ1) is 12.2. The minimum atomic E-state index is -5.66. The summed E-state index contributed by atoms with van der Waals surface area (Å²) >= 11 is 0. The first kappa shape index (κ1) is 17.9. The zero-order chi connectivity index (χ0) is 18.9. The second kappa shape index (κ2) is 6.45. The maximum absolute atomic E-state index is 12.8. The normalized spacial score (nSPS) is 12.1. The lowest BCUT2D eigenvalue weighted by atomic mass is 9.98. The summed E-state index contributed by atoms with van der Waals surface area (Å²) in [4.78, 5) is 12.7. The summed E-state index contributed by atoms with van der Waals surface area (Å²) in [6, 6.07) is 17.1. The molecule has 0 bridgehead atoms. The van der Waals surface area contributed by atoms with Crippen LogP contribution in [0.2, 0.25) is 0 Å². The van der Waals surface area contributed by atoms with Crippen molar-refractivity contribution in [1.82, 2.24) is 0 Å². The summed E-state index contributed by atoms with van der Waals surface area (Å²) in [5.41, 5.74) is -5.85. The Balaban J connectivity index is 2.18. The number of alkyl halides is 3. The Hall–Kier alpha value is -2.87. The van der Waals surface area contributed by atoms with Gasteiger partial charge in [-0.3, -0.25) is 9.52 Å². The fourth-order valence-corrected chi connectivity index (χ4v) is 3.03. The van der Waals surface area contributed by atoms with E-state index in [0.717, 1.165) is 0 Å². The molecule has 0 saturated heterocycles. The lowest BCUT2D eigenvalue weighted by Crippen LogP contribution is -2.30. The van der Waals surface area contributed by atoms with Crippen LogP contribution in [0.3, 0.4) is 0 Å². The fourth-order valence-electron chi connectivity index (χ4n) is 2.46. The number of hydrogen-bond acceptors (Lipinski definition) is 3. The van der Waals surface area contributed by atoms with Crippen molar-refractivity contribution in [1.29, 1.82) is 0 Å². The first-order valence-corrected chi connectivity index (χ1v) is 8.89. The van der Waals surface area contributed by atoms with Crippen LogP contribution >= 0.6 is 0 Å². The highest BCUT2D eigenvalue weighted by atomic mass is 32.2. The summed E-state index contributed by atoms with van der Waals surface area (Å²) in [6.07, 6.45) is 0. The number of benzene rings is 3. The monoisotopic (exact) mass is 379 g/mol. The molecule has 0 amide bonds. The molecule has 0 aromatic heterocycles. The Morgan fingerprint density at radius 1 is 0.846 bits per heavy atom. The topological polar surface area (TPSA) is 63.2 Å². The number of rotatable bonds is 4. The van der Waals surface area contributed by atoms with Gasteiger partial charge in [-0.15, -0.1) is 0 Å². The largest absolute Gasteiger partial charge is 0.516 e. The van der Waals surface area contributed by atoms with E-state index in [1.165, 1.54) is 29.0 Å². The molecule has 0 spiro atoms. The lowest BCUT2D eigenvalue weighted by Gasteiger charge is -2.15. The molecule has 8 heteroatoms. The van der Waals surface area contributed by atoms with Gasteiger partial charge in [0.1, 0.15) is 0 Å². The van der Waals surface area contributed by atoms with Gasteiger partial charge in [0.05, 0.1) is 5.69 Å². The molecule has 0 aliphatic carbocycles. The molecular weight excluding hydrogens is 367 g/mol. The van der Waals surface area contributed by atoms with Crippen LogP contribution in [0.15, 0.2) is 66.7 Å². The van der Waals surface area contributed by atoms with Crippen LogP contribution in [-0.4, -0.2) is 19.7 Å². The third kappa shape index (κ3) is 3.41. The smallest absolute Gasteiger partial charge is 0.289 e. The lowest BCUT2D eigenvalue weighted by molar-refractivity contribution is -0.0429. The number of sulfonamides is 1. The molecule has 0 aliphatic heterocycles. The van der Waals surface area contributed by atoms with Crippen LogP contribution in [0.4, 0.5) is 18.9 Å². The zero-order valence-electron chi connectivity index (χ0n) is 13.1. The number of nitrogens with one attached hydrogen (secondary N) is 1. The quantitative estimate of drug-likeness (QED) is 0.686. The second-order valence-corrected chi connectivity index (χ2v) is 7.17. The molecule has 3 aromatic carbocycles. The van der Waals surface area contributed by atoms with E-state index in [1.54, 1.807) is 42.5 Å². The van der Waals surface area contributed by atoms with Gasteiger partial charge in [0.15, 0.2) is 5.78 Å². The summed E-state index contributed by atoms with van der Waals surface area (Å²) in [6.45, 7) is 0. The van der Waals surface area contributed by atoms with Crippen LogP contribution in [-0.2, 0) is 10.0 Å². The summed E-state index contributed by atoms with van der Waals surface area (Å²) in [5.74, 6) is -0.587. The maximum Gasteiger partial charge on any atom is 0.516 e. The van der Waals surface area contributed by atoms with Gasteiger partial charge >= 0.3 is 15.5 Å². The molecular formula is C18H12F3NO3S. The number of hydrogen-bond donors (Lipinski definition) is 1. The van der Waals surface area contributed by atoms with E-state index in [2.05, 4.69) is 0 Å². The highest BCUT2D eigenvalue weighted by Crippen LogP contribution is 2.31. The highest BCUT2D eigenvalue weighted by Gasteiger charge is 2.46. The standard InChI is InChI=1S/C18H12F3NO3S/c19-18(20,21)26(24,25)22-16-11-14-9-5-4-8-13(14)10-15(16)17(23)12-6-2-1-3-7-12/h1-11,22H. The maximum atomic E-state index is 12.8. The third-order valence-corrected chi connectivity index (χ3v) is 4.81. The van der Waals surface area contributed by atoms with Crippen molar-refractivity contribution >= 4 is 32.3 Å². The summed E-state index contributed by atoms with van der Waals surface area (Å²) in [7, 11) is -5.66. The van der Waals surface area contributed by atoms with Crippen molar-refractivity contribution in [2.75, 3.05) is 4.72 Å². The van der Waals surface area contributed by atoms with Gasteiger partial charge in [0.25, 0.3) is 0 Å². The SMILES string of the molecule is O=C(c1ccccc1)c1cc2ccccc2cc1NS(=O)(=O)C(F)(F)F. The van der Waals surface area contributed by atoms with Gasteiger partial charge in [-0.25, -0.2) is 0 Å². The summed E-state index contributed by atoms with van der Waals surface area (Å²) in [5, 5.41) is 1.10. The zero-order valence-corrected chi connectivity index (χ0v) is 13.9. The minimum Gasteiger partial charge on any atom is -0.289 e. The van der Waals surface area contributed by atoms with Crippen LogP contribution in [0, 0.1) is 0 Å². The van der Waals surface area contributed by atoms with E-state index in [4.69, 9.17) is 0 Å². The van der Waals surface area contributed by atoms with Crippen molar-refractivity contribution in [3.8, 4) is 0 Å². The van der Waals surface area contributed by atoms with Gasteiger partial charge in [0.2, 0.25) is 0 Å². The Bertz CT molecular complexity index is 1080. The Morgan fingerprint density at radius 3 is 1.96 bits per heavy atom. The number of halogens is 3. The van der Waals surface area contributed by atoms with Crippen molar-refractivity contribution in [3.63, 3.8) is 0 Å². The molecule has 0 heterocycles. The molecule has 0 saturated carbocycles. The van der Waals surface area contributed by atoms with Gasteiger partial charge in [0, 0.05) is 11.1 Å². The van der Waals surface area contributed by atoms with Crippen LogP contribution < -0.4 is 4.72 Å². The summed E-state index contributed by atoms with van der Waals surface area (Å²) < 4.78 is 62.8. The van der Waals surface area contributed by atoms with E-state index in [-0.39, 0.29) is 11.1 Å². The van der Waals surface area contributed by atoms with E-state index in [0.29, 0.717) is 10.8 Å². The Morgan fingerprint density at radius 2 is 1.38 bits per heavy atom. The number of fused-ring (bicyclic) bond motifs is 1. The first-order valence-electron chi connectivity index (χ1n) is 7.41.